The summed E-state index contributed by atoms with van der Waals surface area (Å²) in [6.45, 7) is 2.94. The predicted molar refractivity (Wildman–Crippen MR) is 110 cm³/mol. The molecule has 0 atom stereocenters. The minimum atomic E-state index is -0.172. The molecule has 0 spiro atoms. The van der Waals surface area contributed by atoms with Gasteiger partial charge in [-0.2, -0.15) is 0 Å². The van der Waals surface area contributed by atoms with E-state index in [1.807, 2.05) is 60.0 Å². The molecule has 0 saturated carbocycles. The summed E-state index contributed by atoms with van der Waals surface area (Å²) in [6, 6.07) is 15.2. The summed E-state index contributed by atoms with van der Waals surface area (Å²) in [5.41, 5.74) is 3.64. The molecule has 7 nitrogen and oxygen atoms in total. The first-order valence-corrected chi connectivity index (χ1v) is 9.38. The maximum atomic E-state index is 12.2. The largest absolute Gasteiger partial charge is 0.484 e. The van der Waals surface area contributed by atoms with Crippen LogP contribution in [0.4, 0.5) is 0 Å². The molecule has 146 valence electrons. The Morgan fingerprint density at radius 2 is 1.97 bits per heavy atom. The van der Waals surface area contributed by atoms with Crippen LogP contribution >= 0.6 is 0 Å². The molecule has 0 aliphatic rings. The molecule has 3 aromatic heterocycles. The van der Waals surface area contributed by atoms with E-state index in [-0.39, 0.29) is 12.5 Å². The highest BCUT2D eigenvalue weighted by molar-refractivity contribution is 5.78. The third-order valence-electron chi connectivity index (χ3n) is 4.46. The maximum Gasteiger partial charge on any atom is 0.258 e. The summed E-state index contributed by atoms with van der Waals surface area (Å²) in [4.78, 5) is 25.4. The number of nitrogens with zero attached hydrogens (tertiary/aromatic N) is 4. The van der Waals surface area contributed by atoms with Crippen LogP contribution in [-0.4, -0.2) is 38.6 Å². The molecule has 0 bridgehead atoms. The van der Waals surface area contributed by atoms with Gasteiger partial charge in [-0.1, -0.05) is 12.1 Å². The summed E-state index contributed by atoms with van der Waals surface area (Å²) >= 11 is 0. The molecule has 0 fully saturated rings. The van der Waals surface area contributed by atoms with Gasteiger partial charge in [0.1, 0.15) is 17.1 Å². The van der Waals surface area contributed by atoms with E-state index in [9.17, 15) is 4.79 Å². The molecule has 0 aliphatic carbocycles. The zero-order valence-corrected chi connectivity index (χ0v) is 16.1. The van der Waals surface area contributed by atoms with Gasteiger partial charge in [-0.3, -0.25) is 9.78 Å². The van der Waals surface area contributed by atoms with Crippen LogP contribution in [0.1, 0.15) is 5.56 Å². The molecule has 1 N–H and O–H groups in total. The highest BCUT2D eigenvalue weighted by Crippen LogP contribution is 2.22. The maximum absolute atomic E-state index is 12.2. The Morgan fingerprint density at radius 3 is 2.79 bits per heavy atom. The van der Waals surface area contributed by atoms with Crippen molar-refractivity contribution in [3.63, 3.8) is 0 Å². The van der Waals surface area contributed by atoms with E-state index in [0.29, 0.717) is 18.8 Å². The zero-order chi connectivity index (χ0) is 20.1. The van der Waals surface area contributed by atoms with E-state index < -0.39 is 0 Å². The number of imidazole rings is 1. The third kappa shape index (κ3) is 4.40. The van der Waals surface area contributed by atoms with Crippen molar-refractivity contribution in [3.05, 3.63) is 72.7 Å². The number of carbonyl (C=O) groups is 1. The van der Waals surface area contributed by atoms with Gasteiger partial charge in [0.25, 0.3) is 5.91 Å². The van der Waals surface area contributed by atoms with E-state index in [1.54, 1.807) is 18.6 Å². The van der Waals surface area contributed by atoms with Gasteiger partial charge < -0.3 is 14.6 Å². The van der Waals surface area contributed by atoms with Gasteiger partial charge in [-0.25, -0.2) is 9.97 Å². The average Bonchev–Trinajstić information content (AvgIpc) is 3.12. The van der Waals surface area contributed by atoms with Crippen LogP contribution in [0.25, 0.3) is 22.6 Å². The molecule has 7 heteroatoms. The second kappa shape index (κ2) is 8.52. The number of ether oxygens (including phenoxy) is 1. The lowest BCUT2D eigenvalue weighted by Crippen LogP contribution is -2.31. The molecule has 29 heavy (non-hydrogen) atoms. The van der Waals surface area contributed by atoms with Crippen molar-refractivity contribution in [2.24, 2.45) is 0 Å². The Labute approximate surface area is 168 Å². The number of rotatable bonds is 7. The van der Waals surface area contributed by atoms with Crippen molar-refractivity contribution < 1.29 is 9.53 Å². The number of aromatic nitrogens is 4. The minimum Gasteiger partial charge on any atom is -0.484 e. The van der Waals surface area contributed by atoms with Gasteiger partial charge in [0, 0.05) is 37.2 Å². The van der Waals surface area contributed by atoms with Crippen molar-refractivity contribution in [2.45, 2.75) is 13.5 Å². The number of fused-ring (bicyclic) bond motifs is 1. The van der Waals surface area contributed by atoms with Crippen molar-refractivity contribution >= 4 is 17.1 Å². The predicted octanol–water partition coefficient (Wildman–Crippen LogP) is 3.00. The highest BCUT2D eigenvalue weighted by atomic mass is 16.5. The molecule has 3 heterocycles. The van der Waals surface area contributed by atoms with Gasteiger partial charge >= 0.3 is 0 Å². The lowest BCUT2D eigenvalue weighted by atomic mass is 10.2. The Kier molecular flexibility index (Phi) is 5.47. The molecule has 4 rings (SSSR count). The lowest BCUT2D eigenvalue weighted by molar-refractivity contribution is -0.123. The second-order valence-corrected chi connectivity index (χ2v) is 6.62. The molecule has 0 unspecified atom stereocenters. The third-order valence-corrected chi connectivity index (χ3v) is 4.46. The van der Waals surface area contributed by atoms with Crippen molar-refractivity contribution in [2.75, 3.05) is 13.2 Å². The van der Waals surface area contributed by atoms with Gasteiger partial charge in [0.15, 0.2) is 12.3 Å². The number of hydrogen-bond donors (Lipinski definition) is 1. The number of aryl methyl sites for hydroxylation is 1. The fourth-order valence-electron chi connectivity index (χ4n) is 3.10. The Bertz CT molecular complexity index is 1120. The molecule has 0 saturated heterocycles. The Balaban J connectivity index is 1.42. The summed E-state index contributed by atoms with van der Waals surface area (Å²) in [5.74, 6) is 1.31. The summed E-state index contributed by atoms with van der Waals surface area (Å²) in [5, 5.41) is 2.90. The van der Waals surface area contributed by atoms with E-state index in [4.69, 9.17) is 9.72 Å². The normalized spacial score (nSPS) is 10.8. The zero-order valence-electron chi connectivity index (χ0n) is 16.1. The lowest BCUT2D eigenvalue weighted by Gasteiger charge is -2.11. The van der Waals surface area contributed by atoms with Gasteiger partial charge in [0.2, 0.25) is 0 Å². The second-order valence-electron chi connectivity index (χ2n) is 6.62. The van der Waals surface area contributed by atoms with Crippen molar-refractivity contribution in [1.29, 1.82) is 0 Å². The van der Waals surface area contributed by atoms with E-state index in [1.165, 1.54) is 0 Å². The van der Waals surface area contributed by atoms with Crippen LogP contribution in [0, 0.1) is 6.92 Å². The number of pyridine rings is 2. The number of nitrogens with one attached hydrogen (secondary N) is 1. The van der Waals surface area contributed by atoms with Crippen LogP contribution in [0.3, 0.4) is 0 Å². The molecular weight excluding hydrogens is 366 g/mol. The SMILES string of the molecule is Cc1cccc(OCC(=O)NCCn2c(-c3ccncc3)nc3cccnc32)c1. The fourth-order valence-corrected chi connectivity index (χ4v) is 3.10. The molecule has 0 aliphatic heterocycles. The highest BCUT2D eigenvalue weighted by Gasteiger charge is 2.13. The van der Waals surface area contributed by atoms with E-state index in [0.717, 1.165) is 28.1 Å². The molecule has 1 amide bonds. The first-order valence-electron chi connectivity index (χ1n) is 9.38. The molecular formula is C22H21N5O2. The van der Waals surface area contributed by atoms with Crippen LogP contribution in [-0.2, 0) is 11.3 Å². The number of amides is 1. The molecule has 4 aromatic rings. The standard InChI is InChI=1S/C22H21N5O2/c1-16-4-2-5-18(14-16)29-15-20(28)24-12-13-27-21(17-7-10-23-11-8-17)26-19-6-3-9-25-22(19)27/h2-11,14H,12-13,15H2,1H3,(H,24,28). The summed E-state index contributed by atoms with van der Waals surface area (Å²) < 4.78 is 7.56. The fraction of sp³-hybridized carbons (Fsp3) is 0.182. The van der Waals surface area contributed by atoms with Crippen LogP contribution in [0.15, 0.2) is 67.1 Å². The Hall–Kier alpha value is -3.74. The van der Waals surface area contributed by atoms with Crippen LogP contribution < -0.4 is 10.1 Å². The van der Waals surface area contributed by atoms with Gasteiger partial charge in [-0.05, 0) is 48.9 Å². The van der Waals surface area contributed by atoms with Crippen molar-refractivity contribution in [1.82, 2.24) is 24.8 Å². The molecule has 0 radical (unpaired) electrons. The summed E-state index contributed by atoms with van der Waals surface area (Å²) in [6.07, 6.45) is 5.21. The quantitative estimate of drug-likeness (QED) is 0.527. The van der Waals surface area contributed by atoms with Crippen LogP contribution in [0.5, 0.6) is 5.75 Å². The van der Waals surface area contributed by atoms with Crippen LogP contribution in [0.2, 0.25) is 0 Å². The smallest absolute Gasteiger partial charge is 0.258 e. The minimum absolute atomic E-state index is 0.0242. The number of hydrogen-bond acceptors (Lipinski definition) is 5. The van der Waals surface area contributed by atoms with Crippen molar-refractivity contribution in [3.8, 4) is 17.1 Å². The molecule has 1 aromatic carbocycles. The first kappa shape index (κ1) is 18.6. The first-order chi connectivity index (χ1) is 14.2. The van der Waals surface area contributed by atoms with E-state index in [2.05, 4.69) is 15.3 Å². The summed E-state index contributed by atoms with van der Waals surface area (Å²) in [7, 11) is 0. The topological polar surface area (TPSA) is 81.9 Å². The Morgan fingerprint density at radius 1 is 1.10 bits per heavy atom. The van der Waals surface area contributed by atoms with Gasteiger partial charge in [0.05, 0.1) is 0 Å². The van der Waals surface area contributed by atoms with E-state index >= 15 is 0 Å². The number of carbonyl (C=O) groups excluding carboxylic acids is 1. The van der Waals surface area contributed by atoms with Gasteiger partial charge in [-0.15, -0.1) is 0 Å². The average molecular weight is 387 g/mol. The number of benzene rings is 1. The monoisotopic (exact) mass is 387 g/mol.